The summed E-state index contributed by atoms with van der Waals surface area (Å²) in [5.74, 6) is -1.32. The molecule has 0 fully saturated rings. The molecule has 0 saturated heterocycles. The zero-order chi connectivity index (χ0) is 15.6. The Bertz CT molecular complexity index is 665. The van der Waals surface area contributed by atoms with E-state index in [9.17, 15) is 14.3 Å². The molecule has 0 bridgehead atoms. The van der Waals surface area contributed by atoms with Crippen molar-refractivity contribution < 1.29 is 14.3 Å². The second-order valence-corrected chi connectivity index (χ2v) is 5.22. The first kappa shape index (κ1) is 15.0. The number of anilines is 1. The van der Waals surface area contributed by atoms with Gasteiger partial charge in [0, 0.05) is 5.69 Å². The topological polar surface area (TPSA) is 49.3 Å². The van der Waals surface area contributed by atoms with E-state index in [-0.39, 0.29) is 5.82 Å². The quantitative estimate of drug-likeness (QED) is 0.894. The Labute approximate surface area is 123 Å². The zero-order valence-corrected chi connectivity index (χ0v) is 12.3. The van der Waals surface area contributed by atoms with Crippen molar-refractivity contribution >= 4 is 11.7 Å². The molecular formula is C17H18FNO2. The highest BCUT2D eigenvalue weighted by atomic mass is 19.1. The van der Waals surface area contributed by atoms with Crippen LogP contribution in [0.15, 0.2) is 36.4 Å². The Morgan fingerprint density at radius 1 is 1.05 bits per heavy atom. The van der Waals surface area contributed by atoms with Gasteiger partial charge >= 0.3 is 5.97 Å². The molecule has 110 valence electrons. The summed E-state index contributed by atoms with van der Waals surface area (Å²) in [7, 11) is 0. The lowest BCUT2D eigenvalue weighted by atomic mass is 9.95. The van der Waals surface area contributed by atoms with Gasteiger partial charge in [-0.3, -0.25) is 0 Å². The fourth-order valence-corrected chi connectivity index (χ4v) is 2.28. The number of aryl methyl sites for hydroxylation is 3. The van der Waals surface area contributed by atoms with Gasteiger partial charge in [-0.15, -0.1) is 0 Å². The molecule has 2 aromatic carbocycles. The van der Waals surface area contributed by atoms with Crippen molar-refractivity contribution in [3.05, 3.63) is 64.5 Å². The molecule has 2 N–H and O–H groups in total. The SMILES string of the molecule is Cc1cc(C)c(C(Nc2ccc(F)cc2)C(=O)O)cc1C. The van der Waals surface area contributed by atoms with E-state index in [2.05, 4.69) is 5.32 Å². The smallest absolute Gasteiger partial charge is 0.330 e. The van der Waals surface area contributed by atoms with Crippen LogP contribution in [0.25, 0.3) is 0 Å². The number of aliphatic carboxylic acids is 1. The fraction of sp³-hybridized carbons (Fsp3) is 0.235. The van der Waals surface area contributed by atoms with E-state index in [0.717, 1.165) is 22.3 Å². The molecule has 2 aromatic rings. The Balaban J connectivity index is 2.38. The Morgan fingerprint density at radius 2 is 1.62 bits per heavy atom. The number of nitrogens with one attached hydrogen (secondary N) is 1. The second-order valence-electron chi connectivity index (χ2n) is 5.22. The number of carboxylic acids is 1. The lowest BCUT2D eigenvalue weighted by Crippen LogP contribution is -2.21. The number of benzene rings is 2. The predicted molar refractivity (Wildman–Crippen MR) is 81.1 cm³/mol. The molecule has 2 rings (SSSR count). The molecule has 0 aromatic heterocycles. The van der Waals surface area contributed by atoms with Crippen LogP contribution in [0.4, 0.5) is 10.1 Å². The third-order valence-corrected chi connectivity index (χ3v) is 3.60. The van der Waals surface area contributed by atoms with Gasteiger partial charge in [-0.1, -0.05) is 12.1 Å². The van der Waals surface area contributed by atoms with E-state index in [4.69, 9.17) is 0 Å². The normalized spacial score (nSPS) is 12.0. The molecule has 0 amide bonds. The zero-order valence-electron chi connectivity index (χ0n) is 12.3. The molecule has 1 atom stereocenters. The van der Waals surface area contributed by atoms with Crippen molar-refractivity contribution in [3.63, 3.8) is 0 Å². The summed E-state index contributed by atoms with van der Waals surface area (Å²) in [5.41, 5.74) is 4.38. The van der Waals surface area contributed by atoms with Crippen molar-refractivity contribution in [1.82, 2.24) is 0 Å². The van der Waals surface area contributed by atoms with Crippen molar-refractivity contribution in [2.75, 3.05) is 5.32 Å². The van der Waals surface area contributed by atoms with Crippen molar-refractivity contribution in [2.24, 2.45) is 0 Å². The second kappa shape index (κ2) is 5.95. The van der Waals surface area contributed by atoms with Gasteiger partial charge in [-0.2, -0.15) is 0 Å². The standard InChI is InChI=1S/C17H18FNO2/c1-10-8-12(3)15(9-11(10)2)16(17(20)21)19-14-6-4-13(18)5-7-14/h4-9,16,19H,1-3H3,(H,20,21). The molecule has 0 aliphatic carbocycles. The maximum atomic E-state index is 12.9. The summed E-state index contributed by atoms with van der Waals surface area (Å²) < 4.78 is 12.9. The Kier molecular flexibility index (Phi) is 4.26. The monoisotopic (exact) mass is 287 g/mol. The Hall–Kier alpha value is -2.36. The lowest BCUT2D eigenvalue weighted by molar-refractivity contribution is -0.138. The van der Waals surface area contributed by atoms with Gasteiger partial charge in [-0.05, 0) is 67.3 Å². The number of carboxylic acid groups (broad SMARTS) is 1. The maximum absolute atomic E-state index is 12.9. The summed E-state index contributed by atoms with van der Waals surface area (Å²) in [4.78, 5) is 11.6. The maximum Gasteiger partial charge on any atom is 0.330 e. The highest BCUT2D eigenvalue weighted by Gasteiger charge is 2.22. The third kappa shape index (κ3) is 3.40. The first-order valence-corrected chi connectivity index (χ1v) is 6.71. The first-order chi connectivity index (χ1) is 9.88. The minimum absolute atomic E-state index is 0.352. The largest absolute Gasteiger partial charge is 0.479 e. The number of carbonyl (C=O) groups is 1. The van der Waals surface area contributed by atoms with Crippen molar-refractivity contribution in [3.8, 4) is 0 Å². The molecule has 0 saturated carbocycles. The first-order valence-electron chi connectivity index (χ1n) is 6.71. The number of halogens is 1. The van der Waals surface area contributed by atoms with Gasteiger partial charge in [0.1, 0.15) is 5.82 Å². The molecule has 21 heavy (non-hydrogen) atoms. The van der Waals surface area contributed by atoms with E-state index in [1.807, 2.05) is 32.9 Å². The summed E-state index contributed by atoms with van der Waals surface area (Å²) in [6.07, 6.45) is 0. The van der Waals surface area contributed by atoms with E-state index < -0.39 is 12.0 Å². The van der Waals surface area contributed by atoms with Gasteiger partial charge in [-0.25, -0.2) is 9.18 Å². The summed E-state index contributed by atoms with van der Waals surface area (Å²) >= 11 is 0. The summed E-state index contributed by atoms with van der Waals surface area (Å²) in [5, 5.41) is 12.4. The van der Waals surface area contributed by atoms with E-state index in [0.29, 0.717) is 5.69 Å². The van der Waals surface area contributed by atoms with Crippen LogP contribution >= 0.6 is 0 Å². The molecule has 0 aliphatic heterocycles. The van der Waals surface area contributed by atoms with E-state index in [1.165, 1.54) is 24.3 Å². The average Bonchev–Trinajstić information content (AvgIpc) is 2.42. The van der Waals surface area contributed by atoms with E-state index >= 15 is 0 Å². The molecule has 4 heteroatoms. The molecule has 0 aliphatic rings. The van der Waals surface area contributed by atoms with E-state index in [1.54, 1.807) is 0 Å². The predicted octanol–water partition coefficient (Wildman–Crippen LogP) is 3.99. The number of hydrogen-bond donors (Lipinski definition) is 2. The van der Waals surface area contributed by atoms with Crippen LogP contribution in [0.3, 0.4) is 0 Å². The molecule has 3 nitrogen and oxygen atoms in total. The van der Waals surface area contributed by atoms with Crippen molar-refractivity contribution in [2.45, 2.75) is 26.8 Å². The lowest BCUT2D eigenvalue weighted by Gasteiger charge is -2.19. The van der Waals surface area contributed by atoms with Crippen LogP contribution in [0.2, 0.25) is 0 Å². The van der Waals surface area contributed by atoms with Crippen molar-refractivity contribution in [1.29, 1.82) is 0 Å². The van der Waals surface area contributed by atoms with Crippen LogP contribution in [0, 0.1) is 26.6 Å². The van der Waals surface area contributed by atoms with Crippen LogP contribution in [-0.4, -0.2) is 11.1 Å². The fourth-order valence-electron chi connectivity index (χ4n) is 2.28. The van der Waals surface area contributed by atoms with Gasteiger partial charge in [0.2, 0.25) is 0 Å². The minimum atomic E-state index is -0.967. The average molecular weight is 287 g/mol. The number of hydrogen-bond acceptors (Lipinski definition) is 2. The summed E-state index contributed by atoms with van der Waals surface area (Å²) in [6.45, 7) is 5.84. The highest BCUT2D eigenvalue weighted by Crippen LogP contribution is 2.25. The van der Waals surface area contributed by atoms with Crippen LogP contribution in [-0.2, 0) is 4.79 Å². The van der Waals surface area contributed by atoms with Crippen LogP contribution in [0.1, 0.15) is 28.3 Å². The molecule has 0 spiro atoms. The van der Waals surface area contributed by atoms with Gasteiger partial charge in [0.05, 0.1) is 0 Å². The third-order valence-electron chi connectivity index (χ3n) is 3.60. The molecule has 0 heterocycles. The number of rotatable bonds is 4. The summed E-state index contributed by atoms with van der Waals surface area (Å²) in [6, 6.07) is 8.66. The molecular weight excluding hydrogens is 269 g/mol. The van der Waals surface area contributed by atoms with Gasteiger partial charge in [0.15, 0.2) is 6.04 Å². The molecule has 0 radical (unpaired) electrons. The Morgan fingerprint density at radius 3 is 2.19 bits per heavy atom. The van der Waals surface area contributed by atoms with Gasteiger partial charge < -0.3 is 10.4 Å². The van der Waals surface area contributed by atoms with Crippen LogP contribution in [0.5, 0.6) is 0 Å². The van der Waals surface area contributed by atoms with Gasteiger partial charge in [0.25, 0.3) is 0 Å². The molecule has 1 unspecified atom stereocenters. The minimum Gasteiger partial charge on any atom is -0.479 e. The highest BCUT2D eigenvalue weighted by molar-refractivity contribution is 5.80. The van der Waals surface area contributed by atoms with Crippen LogP contribution < -0.4 is 5.32 Å².